The van der Waals surface area contributed by atoms with Gasteiger partial charge < -0.3 is 4.90 Å². The van der Waals surface area contributed by atoms with Crippen LogP contribution in [0.25, 0.3) is 10.8 Å². The minimum Gasteiger partial charge on any atom is -0.352 e. The van der Waals surface area contributed by atoms with Gasteiger partial charge in [-0.3, -0.25) is 4.99 Å². The summed E-state index contributed by atoms with van der Waals surface area (Å²) in [6.45, 7) is 2.15. The first-order valence-electron chi connectivity index (χ1n) is 10.3. The van der Waals surface area contributed by atoms with Crippen LogP contribution in [0.4, 0.5) is 0 Å². The second-order valence-corrected chi connectivity index (χ2v) is 7.80. The zero-order valence-corrected chi connectivity index (χ0v) is 15.8. The minimum atomic E-state index is 0.639. The first-order chi connectivity index (χ1) is 13.4. The van der Waals surface area contributed by atoms with E-state index >= 15 is 0 Å². The zero-order valence-electron chi connectivity index (χ0n) is 15.8. The molecule has 1 unspecified atom stereocenters. The van der Waals surface area contributed by atoms with Crippen LogP contribution in [0.5, 0.6) is 0 Å². The van der Waals surface area contributed by atoms with E-state index in [1.54, 1.807) is 0 Å². The Labute approximate surface area is 161 Å². The van der Waals surface area contributed by atoms with Crippen LogP contribution in [0.1, 0.15) is 36.0 Å². The van der Waals surface area contributed by atoms with Gasteiger partial charge in [0.25, 0.3) is 0 Å². The van der Waals surface area contributed by atoms with E-state index in [4.69, 9.17) is 4.99 Å². The van der Waals surface area contributed by atoms with Gasteiger partial charge in [-0.05, 0) is 54.0 Å². The zero-order chi connectivity index (χ0) is 18.1. The van der Waals surface area contributed by atoms with Crippen molar-refractivity contribution in [2.45, 2.75) is 38.1 Å². The fourth-order valence-corrected chi connectivity index (χ4v) is 4.73. The monoisotopic (exact) mass is 354 g/mol. The third-order valence-corrected chi connectivity index (χ3v) is 6.15. The maximum atomic E-state index is 4.96. The third kappa shape index (κ3) is 3.14. The number of aliphatic imine (C=N–C) groups is 1. The molecule has 3 aromatic carbocycles. The largest absolute Gasteiger partial charge is 0.352 e. The molecular weight excluding hydrogens is 328 g/mol. The first kappa shape index (κ1) is 16.6. The van der Waals surface area contributed by atoms with Crippen LogP contribution in [0.3, 0.4) is 0 Å². The summed E-state index contributed by atoms with van der Waals surface area (Å²) in [6, 6.07) is 24.9. The van der Waals surface area contributed by atoms with Crippen molar-refractivity contribution in [3.05, 3.63) is 83.4 Å². The van der Waals surface area contributed by atoms with Crippen LogP contribution in [-0.2, 0) is 12.8 Å². The van der Waals surface area contributed by atoms with Gasteiger partial charge in [0.15, 0.2) is 0 Å². The van der Waals surface area contributed by atoms with Gasteiger partial charge in [-0.1, -0.05) is 66.7 Å². The van der Waals surface area contributed by atoms with Crippen LogP contribution < -0.4 is 0 Å². The van der Waals surface area contributed by atoms with Gasteiger partial charge in [-0.25, -0.2) is 0 Å². The first-order valence-corrected chi connectivity index (χ1v) is 10.3. The van der Waals surface area contributed by atoms with Gasteiger partial charge in [0, 0.05) is 12.1 Å². The number of rotatable bonds is 4. The molecular formula is C25H26N2. The summed E-state index contributed by atoms with van der Waals surface area (Å²) < 4.78 is 0. The number of benzene rings is 3. The van der Waals surface area contributed by atoms with Crippen LogP contribution in [0.2, 0.25) is 0 Å². The summed E-state index contributed by atoms with van der Waals surface area (Å²) in [6.07, 6.45) is 6.07. The maximum Gasteiger partial charge on any atom is 0.131 e. The van der Waals surface area contributed by atoms with Crippen molar-refractivity contribution in [3.63, 3.8) is 0 Å². The lowest BCUT2D eigenvalue weighted by Crippen LogP contribution is -2.40. The molecule has 0 amide bonds. The standard InChI is InChI=1S/C25H26N2/c1-3-13-23-19(8-1)10-7-11-20(23)15-16-21-9-2-4-14-24(21)25-26-18-22-12-5-6-17-27(22)25/h1-4,7-11,13-14,22H,5-6,12,15-18H2. The number of fused-ring (bicyclic) bond motifs is 2. The molecule has 0 saturated carbocycles. The highest BCUT2D eigenvalue weighted by Gasteiger charge is 2.31. The van der Waals surface area contributed by atoms with Crippen molar-refractivity contribution in [1.82, 2.24) is 4.90 Å². The topological polar surface area (TPSA) is 15.6 Å². The molecule has 3 aromatic rings. The summed E-state index contributed by atoms with van der Waals surface area (Å²) in [5.41, 5.74) is 4.21. The molecule has 136 valence electrons. The molecule has 2 aliphatic heterocycles. The molecule has 1 fully saturated rings. The molecule has 0 N–H and O–H groups in total. The Hall–Kier alpha value is -2.61. The molecule has 2 heteroatoms. The molecule has 0 aliphatic carbocycles. The molecule has 0 bridgehead atoms. The highest BCUT2D eigenvalue weighted by Crippen LogP contribution is 2.27. The van der Waals surface area contributed by atoms with Crippen molar-refractivity contribution in [2.24, 2.45) is 4.99 Å². The molecule has 2 heterocycles. The summed E-state index contributed by atoms with van der Waals surface area (Å²) in [7, 11) is 0. The van der Waals surface area contributed by atoms with E-state index in [2.05, 4.69) is 71.6 Å². The number of nitrogens with zero attached hydrogens (tertiary/aromatic N) is 2. The predicted molar refractivity (Wildman–Crippen MR) is 114 cm³/mol. The van der Waals surface area contributed by atoms with Crippen molar-refractivity contribution >= 4 is 16.6 Å². The van der Waals surface area contributed by atoms with Crippen molar-refractivity contribution in [1.29, 1.82) is 0 Å². The highest BCUT2D eigenvalue weighted by atomic mass is 15.3. The van der Waals surface area contributed by atoms with E-state index in [9.17, 15) is 0 Å². The Morgan fingerprint density at radius 3 is 2.59 bits per heavy atom. The molecule has 1 atom stereocenters. The Balaban J connectivity index is 1.42. The molecule has 0 spiro atoms. The van der Waals surface area contributed by atoms with Crippen molar-refractivity contribution in [2.75, 3.05) is 13.1 Å². The van der Waals surface area contributed by atoms with Crippen LogP contribution >= 0.6 is 0 Å². The molecule has 1 saturated heterocycles. The van der Waals surface area contributed by atoms with Gasteiger partial charge in [-0.15, -0.1) is 0 Å². The number of aryl methyl sites for hydroxylation is 2. The molecule has 27 heavy (non-hydrogen) atoms. The number of hydrogen-bond acceptors (Lipinski definition) is 2. The molecule has 0 aromatic heterocycles. The van der Waals surface area contributed by atoms with E-state index in [1.165, 1.54) is 59.1 Å². The van der Waals surface area contributed by atoms with Gasteiger partial charge in [0.05, 0.1) is 12.6 Å². The van der Waals surface area contributed by atoms with Crippen molar-refractivity contribution < 1.29 is 0 Å². The van der Waals surface area contributed by atoms with Crippen LogP contribution in [0, 0.1) is 0 Å². The Kier molecular flexibility index (Phi) is 4.41. The molecule has 2 nitrogen and oxygen atoms in total. The summed E-state index contributed by atoms with van der Waals surface area (Å²) in [4.78, 5) is 7.53. The second kappa shape index (κ2) is 7.19. The van der Waals surface area contributed by atoms with E-state index in [-0.39, 0.29) is 0 Å². The van der Waals surface area contributed by atoms with Gasteiger partial charge in [0.2, 0.25) is 0 Å². The molecule has 0 radical (unpaired) electrons. The van der Waals surface area contributed by atoms with Crippen LogP contribution in [0.15, 0.2) is 71.7 Å². The quantitative estimate of drug-likeness (QED) is 0.625. The SMILES string of the molecule is c1ccc(C2=NCC3CCCCN23)c(CCc2cccc3ccccc23)c1. The highest BCUT2D eigenvalue weighted by molar-refractivity contribution is 6.01. The van der Waals surface area contributed by atoms with E-state index < -0.39 is 0 Å². The van der Waals surface area contributed by atoms with E-state index in [0.29, 0.717) is 6.04 Å². The van der Waals surface area contributed by atoms with E-state index in [1.807, 2.05) is 0 Å². The fourth-order valence-electron chi connectivity index (χ4n) is 4.73. The number of amidine groups is 1. The average Bonchev–Trinajstić information content (AvgIpc) is 3.16. The smallest absolute Gasteiger partial charge is 0.131 e. The Morgan fingerprint density at radius 2 is 1.59 bits per heavy atom. The number of hydrogen-bond donors (Lipinski definition) is 0. The van der Waals surface area contributed by atoms with E-state index in [0.717, 1.165) is 19.4 Å². The van der Waals surface area contributed by atoms with Crippen LogP contribution in [-0.4, -0.2) is 29.9 Å². The summed E-state index contributed by atoms with van der Waals surface area (Å²) >= 11 is 0. The Morgan fingerprint density at radius 1 is 0.815 bits per heavy atom. The lowest BCUT2D eigenvalue weighted by Gasteiger charge is -2.32. The van der Waals surface area contributed by atoms with Crippen molar-refractivity contribution in [3.8, 4) is 0 Å². The van der Waals surface area contributed by atoms with Gasteiger partial charge in [-0.2, -0.15) is 0 Å². The average molecular weight is 354 g/mol. The molecule has 2 aliphatic rings. The maximum absolute atomic E-state index is 4.96. The third-order valence-electron chi connectivity index (χ3n) is 6.15. The second-order valence-electron chi connectivity index (χ2n) is 7.80. The van der Waals surface area contributed by atoms with Gasteiger partial charge >= 0.3 is 0 Å². The lowest BCUT2D eigenvalue weighted by molar-refractivity contribution is 0.269. The molecule has 5 rings (SSSR count). The summed E-state index contributed by atoms with van der Waals surface area (Å²) in [5, 5.41) is 2.71. The number of piperidine rings is 1. The minimum absolute atomic E-state index is 0.639. The normalized spacial score (nSPS) is 19.2. The fraction of sp³-hybridized carbons (Fsp3) is 0.320. The summed E-state index contributed by atoms with van der Waals surface area (Å²) in [5.74, 6) is 1.24. The van der Waals surface area contributed by atoms with Gasteiger partial charge in [0.1, 0.15) is 5.84 Å². The predicted octanol–water partition coefficient (Wildman–Crippen LogP) is 5.24. The lowest BCUT2D eigenvalue weighted by atomic mass is 9.95. The Bertz CT molecular complexity index is 983.